The standard InChI is InChI=1S/C18H28N2O4/c1-4-5-6-14-7-9-15(10-8-14)18(22)23-13(3)17(21)19-16-11-12(2)24-20-16/h11,13-15H,4-10H2,1-3H3,(H,19,20,21). The van der Waals surface area contributed by atoms with E-state index in [0.29, 0.717) is 11.6 Å². The van der Waals surface area contributed by atoms with E-state index in [0.717, 1.165) is 31.6 Å². The van der Waals surface area contributed by atoms with Crippen molar-refractivity contribution < 1.29 is 18.8 Å². The van der Waals surface area contributed by atoms with Gasteiger partial charge in [0.15, 0.2) is 11.9 Å². The van der Waals surface area contributed by atoms with E-state index in [4.69, 9.17) is 9.26 Å². The molecule has 0 spiro atoms. The normalized spacial score (nSPS) is 22.0. The van der Waals surface area contributed by atoms with Crippen LogP contribution in [0, 0.1) is 18.8 Å². The minimum atomic E-state index is -0.840. The molecule has 1 aliphatic rings. The van der Waals surface area contributed by atoms with Crippen LogP contribution in [0.2, 0.25) is 0 Å². The van der Waals surface area contributed by atoms with E-state index in [-0.39, 0.29) is 11.9 Å². The van der Waals surface area contributed by atoms with Crippen molar-refractivity contribution in [2.75, 3.05) is 5.32 Å². The first-order chi connectivity index (χ1) is 11.5. The molecule has 0 radical (unpaired) electrons. The maximum Gasteiger partial charge on any atom is 0.309 e. The third-order valence-electron chi connectivity index (χ3n) is 4.69. The van der Waals surface area contributed by atoms with Gasteiger partial charge in [0, 0.05) is 6.07 Å². The fourth-order valence-corrected chi connectivity index (χ4v) is 3.16. The van der Waals surface area contributed by atoms with Crippen LogP contribution in [0.4, 0.5) is 5.82 Å². The lowest BCUT2D eigenvalue weighted by Crippen LogP contribution is -2.33. The van der Waals surface area contributed by atoms with Gasteiger partial charge in [0.1, 0.15) is 5.76 Å². The first kappa shape index (κ1) is 18.5. The number of ether oxygens (including phenoxy) is 1. The molecule has 6 heteroatoms. The van der Waals surface area contributed by atoms with Gasteiger partial charge in [-0.3, -0.25) is 9.59 Å². The monoisotopic (exact) mass is 336 g/mol. The summed E-state index contributed by atoms with van der Waals surface area (Å²) in [6.45, 7) is 5.52. The summed E-state index contributed by atoms with van der Waals surface area (Å²) in [6, 6.07) is 1.62. The molecule has 1 aromatic rings. The van der Waals surface area contributed by atoms with Crippen LogP contribution in [0.3, 0.4) is 0 Å². The van der Waals surface area contributed by atoms with Gasteiger partial charge in [-0.25, -0.2) is 0 Å². The highest BCUT2D eigenvalue weighted by molar-refractivity contribution is 5.94. The van der Waals surface area contributed by atoms with Crippen LogP contribution >= 0.6 is 0 Å². The van der Waals surface area contributed by atoms with E-state index in [1.165, 1.54) is 19.3 Å². The lowest BCUT2D eigenvalue weighted by Gasteiger charge is -2.27. The topological polar surface area (TPSA) is 81.4 Å². The number of rotatable bonds is 7. The van der Waals surface area contributed by atoms with Crippen molar-refractivity contribution in [2.45, 2.75) is 71.8 Å². The molecule has 1 aromatic heterocycles. The largest absolute Gasteiger partial charge is 0.452 e. The number of hydrogen-bond acceptors (Lipinski definition) is 5. The average Bonchev–Trinajstić information content (AvgIpc) is 2.98. The van der Waals surface area contributed by atoms with Gasteiger partial charge in [0.25, 0.3) is 5.91 Å². The molecule has 134 valence electrons. The Hall–Kier alpha value is -1.85. The fraction of sp³-hybridized carbons (Fsp3) is 0.722. The summed E-state index contributed by atoms with van der Waals surface area (Å²) >= 11 is 0. The molecule has 6 nitrogen and oxygen atoms in total. The first-order valence-corrected chi connectivity index (χ1v) is 8.94. The van der Waals surface area contributed by atoms with Crippen molar-refractivity contribution in [1.29, 1.82) is 0 Å². The van der Waals surface area contributed by atoms with Crippen molar-refractivity contribution in [3.05, 3.63) is 11.8 Å². The highest BCUT2D eigenvalue weighted by atomic mass is 16.5. The average molecular weight is 336 g/mol. The van der Waals surface area contributed by atoms with Gasteiger partial charge in [-0.1, -0.05) is 31.3 Å². The van der Waals surface area contributed by atoms with Gasteiger partial charge < -0.3 is 14.6 Å². The Labute approximate surface area is 143 Å². The Morgan fingerprint density at radius 2 is 2.08 bits per heavy atom. The minimum absolute atomic E-state index is 0.0765. The van der Waals surface area contributed by atoms with Crippen LogP contribution in [0.25, 0.3) is 0 Å². The van der Waals surface area contributed by atoms with Gasteiger partial charge in [0.2, 0.25) is 0 Å². The summed E-state index contributed by atoms with van der Waals surface area (Å²) in [5.74, 6) is 0.945. The molecule has 1 amide bonds. The molecule has 2 rings (SSSR count). The number of amides is 1. The van der Waals surface area contributed by atoms with E-state index in [2.05, 4.69) is 17.4 Å². The third kappa shape index (κ3) is 5.35. The van der Waals surface area contributed by atoms with Crippen LogP contribution < -0.4 is 5.32 Å². The van der Waals surface area contributed by atoms with E-state index >= 15 is 0 Å². The molecule has 0 aliphatic heterocycles. The molecule has 1 heterocycles. The Morgan fingerprint density at radius 1 is 1.38 bits per heavy atom. The van der Waals surface area contributed by atoms with Gasteiger partial charge in [-0.15, -0.1) is 0 Å². The Kier molecular flexibility index (Phi) is 6.82. The minimum Gasteiger partial charge on any atom is -0.452 e. The zero-order valence-electron chi connectivity index (χ0n) is 14.8. The number of hydrogen-bond donors (Lipinski definition) is 1. The highest BCUT2D eigenvalue weighted by Gasteiger charge is 2.29. The highest BCUT2D eigenvalue weighted by Crippen LogP contribution is 2.32. The van der Waals surface area contributed by atoms with Gasteiger partial charge in [0.05, 0.1) is 5.92 Å². The summed E-state index contributed by atoms with van der Waals surface area (Å²) < 4.78 is 10.2. The number of aryl methyl sites for hydroxylation is 1. The number of nitrogens with zero attached hydrogens (tertiary/aromatic N) is 1. The lowest BCUT2D eigenvalue weighted by molar-refractivity contribution is -0.158. The molecule has 0 aromatic carbocycles. The summed E-state index contributed by atoms with van der Waals surface area (Å²) in [5, 5.41) is 6.27. The van der Waals surface area contributed by atoms with Crippen LogP contribution in [0.1, 0.15) is 64.6 Å². The fourth-order valence-electron chi connectivity index (χ4n) is 3.16. The van der Waals surface area contributed by atoms with Crippen LogP contribution in [0.15, 0.2) is 10.6 Å². The molecule has 1 saturated carbocycles. The summed E-state index contributed by atoms with van der Waals surface area (Å²) in [4.78, 5) is 24.3. The summed E-state index contributed by atoms with van der Waals surface area (Å²) in [7, 11) is 0. The van der Waals surface area contributed by atoms with Crippen LogP contribution in [-0.2, 0) is 14.3 Å². The molecule has 0 saturated heterocycles. The van der Waals surface area contributed by atoms with Crippen LogP contribution in [0.5, 0.6) is 0 Å². The number of carbonyl (C=O) groups is 2. The molecule has 1 fully saturated rings. The smallest absolute Gasteiger partial charge is 0.309 e. The van der Waals surface area contributed by atoms with Crippen molar-refractivity contribution in [3.8, 4) is 0 Å². The maximum atomic E-state index is 12.3. The maximum absolute atomic E-state index is 12.3. The second kappa shape index (κ2) is 8.85. The van der Waals surface area contributed by atoms with E-state index in [9.17, 15) is 9.59 Å². The number of unbranched alkanes of at least 4 members (excludes halogenated alkanes) is 1. The molecule has 0 bridgehead atoms. The number of esters is 1. The van der Waals surface area contributed by atoms with E-state index in [1.807, 2.05) is 0 Å². The molecular weight excluding hydrogens is 308 g/mol. The van der Waals surface area contributed by atoms with E-state index in [1.54, 1.807) is 19.9 Å². The van der Waals surface area contributed by atoms with E-state index < -0.39 is 12.0 Å². The predicted octanol–water partition coefficient (Wildman–Crippen LogP) is 3.85. The van der Waals surface area contributed by atoms with Crippen molar-refractivity contribution >= 4 is 17.7 Å². The number of carbonyl (C=O) groups excluding carboxylic acids is 2. The van der Waals surface area contributed by atoms with Crippen molar-refractivity contribution in [1.82, 2.24) is 5.16 Å². The third-order valence-corrected chi connectivity index (χ3v) is 4.69. The number of aromatic nitrogens is 1. The summed E-state index contributed by atoms with van der Waals surface area (Å²) in [5.41, 5.74) is 0. The molecular formula is C18H28N2O4. The molecule has 1 atom stereocenters. The van der Waals surface area contributed by atoms with Crippen molar-refractivity contribution in [3.63, 3.8) is 0 Å². The van der Waals surface area contributed by atoms with Gasteiger partial charge in [-0.05, 0) is 45.4 Å². The van der Waals surface area contributed by atoms with Gasteiger partial charge >= 0.3 is 5.97 Å². The predicted molar refractivity (Wildman–Crippen MR) is 90.4 cm³/mol. The molecule has 1 aliphatic carbocycles. The van der Waals surface area contributed by atoms with Crippen LogP contribution in [-0.4, -0.2) is 23.1 Å². The molecule has 1 unspecified atom stereocenters. The van der Waals surface area contributed by atoms with Crippen molar-refractivity contribution in [2.24, 2.45) is 11.8 Å². The summed E-state index contributed by atoms with van der Waals surface area (Å²) in [6.07, 6.45) is 6.80. The SMILES string of the molecule is CCCCC1CCC(C(=O)OC(C)C(=O)Nc2cc(C)on2)CC1. The lowest BCUT2D eigenvalue weighted by atomic mass is 9.80. The second-order valence-corrected chi connectivity index (χ2v) is 6.75. The Balaban J connectivity index is 1.74. The number of nitrogens with one attached hydrogen (secondary N) is 1. The Morgan fingerprint density at radius 3 is 2.67 bits per heavy atom. The number of anilines is 1. The first-order valence-electron chi connectivity index (χ1n) is 8.94. The van der Waals surface area contributed by atoms with Gasteiger partial charge in [-0.2, -0.15) is 0 Å². The second-order valence-electron chi connectivity index (χ2n) is 6.75. The zero-order chi connectivity index (χ0) is 17.5. The molecule has 1 N–H and O–H groups in total. The quantitative estimate of drug-likeness (QED) is 0.765. The zero-order valence-corrected chi connectivity index (χ0v) is 14.8. The Bertz CT molecular complexity index is 547. The molecule has 24 heavy (non-hydrogen) atoms.